The third-order valence-corrected chi connectivity index (χ3v) is 3.82. The molecule has 1 N–H and O–H groups in total. The van der Waals surface area contributed by atoms with Crippen LogP contribution in [0.2, 0.25) is 0 Å². The summed E-state index contributed by atoms with van der Waals surface area (Å²) in [7, 11) is 0. The molecule has 3 rings (SSSR count). The number of fused-ring (bicyclic) bond motifs is 3. The van der Waals surface area contributed by atoms with Crippen LogP contribution in [0.1, 0.15) is 48.4 Å². The summed E-state index contributed by atoms with van der Waals surface area (Å²) in [6.07, 6.45) is 3.61. The highest BCUT2D eigenvalue weighted by molar-refractivity contribution is 6.17. The second kappa shape index (κ2) is 5.35. The van der Waals surface area contributed by atoms with Crippen LogP contribution in [0.5, 0.6) is 0 Å². The van der Waals surface area contributed by atoms with E-state index in [1.807, 2.05) is 11.8 Å². The highest BCUT2D eigenvalue weighted by atomic mass is 16.4. The van der Waals surface area contributed by atoms with Crippen molar-refractivity contribution in [3.8, 4) is 0 Å². The van der Waals surface area contributed by atoms with E-state index in [9.17, 15) is 4.79 Å². The predicted octanol–water partition coefficient (Wildman–Crippen LogP) is 2.24. The van der Waals surface area contributed by atoms with E-state index in [1.54, 1.807) is 13.3 Å². The third kappa shape index (κ3) is 2.24. The molecule has 112 valence electrons. The molecule has 0 saturated heterocycles. The van der Waals surface area contributed by atoms with Gasteiger partial charge in [0, 0.05) is 13.1 Å². The lowest BCUT2D eigenvalue weighted by atomic mass is 10.1. The van der Waals surface area contributed by atoms with Gasteiger partial charge in [-0.05, 0) is 19.8 Å². The quantitative estimate of drug-likeness (QED) is 0.923. The predicted molar refractivity (Wildman–Crippen MR) is 81.5 cm³/mol. The molecular formula is C15H20N4O2. The molecule has 1 aromatic rings. The maximum Gasteiger partial charge on any atom is 0.255 e. The number of amides is 1. The molecule has 0 bridgehead atoms. The molecule has 3 heterocycles. The normalized spacial score (nSPS) is 19.3. The summed E-state index contributed by atoms with van der Waals surface area (Å²) in [6, 6.07) is 0.249. The zero-order valence-corrected chi connectivity index (χ0v) is 12.6. The lowest BCUT2D eigenvalue weighted by Gasteiger charge is -2.18. The number of nitrogens with one attached hydrogen (secondary N) is 1. The average Bonchev–Trinajstić information content (AvgIpc) is 3.03. The standard InChI is InChI=1S/C15H20N4O2/c1-4-6-16-14(20)11-9(3)21-15-12(11)13-18-10(5-2)7-19(13)8-17-15/h8,10H,4-7H2,1-3H3,(H,16,20). The Kier molecular flexibility index (Phi) is 3.53. The fourth-order valence-corrected chi connectivity index (χ4v) is 2.68. The number of hydrogen-bond acceptors (Lipinski definition) is 5. The zero-order chi connectivity index (χ0) is 15.0. The molecule has 0 fully saturated rings. The summed E-state index contributed by atoms with van der Waals surface area (Å²) >= 11 is 0. The molecule has 6 heteroatoms. The van der Waals surface area contributed by atoms with Gasteiger partial charge in [-0.3, -0.25) is 9.79 Å². The van der Waals surface area contributed by atoms with Gasteiger partial charge in [0.05, 0.1) is 17.2 Å². The van der Waals surface area contributed by atoms with Crippen molar-refractivity contribution in [2.45, 2.75) is 39.7 Å². The zero-order valence-electron chi connectivity index (χ0n) is 12.6. The van der Waals surface area contributed by atoms with Crippen molar-refractivity contribution < 1.29 is 9.21 Å². The Balaban J connectivity index is 2.03. The van der Waals surface area contributed by atoms with Crippen molar-refractivity contribution in [1.82, 2.24) is 10.2 Å². The minimum absolute atomic E-state index is 0.112. The maximum atomic E-state index is 12.4. The Bertz CT molecular complexity index is 630. The van der Waals surface area contributed by atoms with E-state index in [1.165, 1.54) is 0 Å². The van der Waals surface area contributed by atoms with Crippen LogP contribution in [0.4, 0.5) is 5.88 Å². The Morgan fingerprint density at radius 3 is 3.05 bits per heavy atom. The van der Waals surface area contributed by atoms with E-state index in [-0.39, 0.29) is 11.9 Å². The van der Waals surface area contributed by atoms with Gasteiger partial charge in [-0.25, -0.2) is 4.99 Å². The van der Waals surface area contributed by atoms with E-state index in [2.05, 4.69) is 17.2 Å². The highest BCUT2D eigenvalue weighted by Gasteiger charge is 2.35. The van der Waals surface area contributed by atoms with Crippen molar-refractivity contribution in [3.05, 3.63) is 16.9 Å². The van der Waals surface area contributed by atoms with Crippen LogP contribution >= 0.6 is 0 Å². The molecule has 0 spiro atoms. The lowest BCUT2D eigenvalue weighted by molar-refractivity contribution is 0.0952. The van der Waals surface area contributed by atoms with Crippen molar-refractivity contribution in [3.63, 3.8) is 0 Å². The summed E-state index contributed by atoms with van der Waals surface area (Å²) in [6.45, 7) is 7.40. The fraction of sp³-hybridized carbons (Fsp3) is 0.533. The second-order valence-corrected chi connectivity index (χ2v) is 5.38. The largest absolute Gasteiger partial charge is 0.442 e. The first-order valence-electron chi connectivity index (χ1n) is 7.46. The Labute approximate surface area is 123 Å². The van der Waals surface area contributed by atoms with Gasteiger partial charge < -0.3 is 14.6 Å². The van der Waals surface area contributed by atoms with Crippen LogP contribution in [0.25, 0.3) is 0 Å². The first-order chi connectivity index (χ1) is 10.2. The molecule has 1 unspecified atom stereocenters. The van der Waals surface area contributed by atoms with Crippen molar-refractivity contribution in [2.75, 3.05) is 13.1 Å². The molecule has 1 atom stereocenters. The number of nitrogens with zero attached hydrogens (tertiary/aromatic N) is 3. The van der Waals surface area contributed by atoms with Gasteiger partial charge in [0.1, 0.15) is 17.9 Å². The Hall–Kier alpha value is -2.11. The van der Waals surface area contributed by atoms with Gasteiger partial charge >= 0.3 is 0 Å². The monoisotopic (exact) mass is 288 g/mol. The number of aryl methyl sites for hydroxylation is 1. The molecule has 1 aromatic heterocycles. The molecule has 0 aromatic carbocycles. The first kappa shape index (κ1) is 13.9. The van der Waals surface area contributed by atoms with Crippen molar-refractivity contribution in [2.24, 2.45) is 9.98 Å². The molecular weight excluding hydrogens is 268 g/mol. The van der Waals surface area contributed by atoms with E-state index in [4.69, 9.17) is 9.41 Å². The van der Waals surface area contributed by atoms with Gasteiger partial charge in [0.25, 0.3) is 5.91 Å². The molecule has 0 saturated carbocycles. The first-order valence-corrected chi connectivity index (χ1v) is 7.46. The summed E-state index contributed by atoms with van der Waals surface area (Å²) in [5.41, 5.74) is 1.30. The lowest BCUT2D eigenvalue weighted by Crippen LogP contribution is -2.33. The van der Waals surface area contributed by atoms with Crippen LogP contribution in [0, 0.1) is 6.92 Å². The Morgan fingerprint density at radius 2 is 2.33 bits per heavy atom. The molecule has 6 nitrogen and oxygen atoms in total. The number of rotatable bonds is 4. The Morgan fingerprint density at radius 1 is 1.52 bits per heavy atom. The van der Waals surface area contributed by atoms with Crippen LogP contribution < -0.4 is 5.32 Å². The number of aliphatic imine (C=N–C) groups is 2. The van der Waals surface area contributed by atoms with Crippen molar-refractivity contribution >= 4 is 24.0 Å². The van der Waals surface area contributed by atoms with E-state index >= 15 is 0 Å². The topological polar surface area (TPSA) is 70.2 Å². The van der Waals surface area contributed by atoms with Crippen LogP contribution in [-0.2, 0) is 0 Å². The van der Waals surface area contributed by atoms with Gasteiger partial charge in [0.15, 0.2) is 0 Å². The van der Waals surface area contributed by atoms with E-state index in [0.717, 1.165) is 30.8 Å². The SMILES string of the molecule is CCCNC(=O)c1c(C)oc2c1C1=NC(CC)CN1C=N2. The number of furan rings is 1. The van der Waals surface area contributed by atoms with E-state index < -0.39 is 0 Å². The average molecular weight is 288 g/mol. The van der Waals surface area contributed by atoms with E-state index in [0.29, 0.717) is 23.8 Å². The molecule has 21 heavy (non-hydrogen) atoms. The summed E-state index contributed by atoms with van der Waals surface area (Å²) < 4.78 is 5.65. The third-order valence-electron chi connectivity index (χ3n) is 3.82. The van der Waals surface area contributed by atoms with Gasteiger partial charge in [-0.2, -0.15) is 0 Å². The fourth-order valence-electron chi connectivity index (χ4n) is 2.68. The van der Waals surface area contributed by atoms with Crippen LogP contribution in [-0.4, -0.2) is 42.1 Å². The second-order valence-electron chi connectivity index (χ2n) is 5.38. The van der Waals surface area contributed by atoms with Gasteiger partial charge in [-0.1, -0.05) is 13.8 Å². The summed E-state index contributed by atoms with van der Waals surface area (Å²) in [4.78, 5) is 23.4. The highest BCUT2D eigenvalue weighted by Crippen LogP contribution is 2.35. The number of carbonyl (C=O) groups is 1. The maximum absolute atomic E-state index is 12.4. The number of carbonyl (C=O) groups excluding carboxylic acids is 1. The van der Waals surface area contributed by atoms with Crippen LogP contribution in [0.3, 0.4) is 0 Å². The minimum Gasteiger partial charge on any atom is -0.442 e. The number of amidine groups is 1. The minimum atomic E-state index is -0.112. The van der Waals surface area contributed by atoms with Crippen molar-refractivity contribution in [1.29, 1.82) is 0 Å². The van der Waals surface area contributed by atoms with Gasteiger partial charge in [0.2, 0.25) is 5.88 Å². The molecule has 1 amide bonds. The summed E-state index contributed by atoms with van der Waals surface area (Å²) in [5.74, 6) is 1.78. The van der Waals surface area contributed by atoms with Crippen LogP contribution in [0.15, 0.2) is 14.4 Å². The van der Waals surface area contributed by atoms with Gasteiger partial charge in [-0.15, -0.1) is 0 Å². The molecule has 2 aliphatic rings. The molecule has 2 aliphatic heterocycles. The smallest absolute Gasteiger partial charge is 0.255 e. The molecule has 0 radical (unpaired) electrons. The summed E-state index contributed by atoms with van der Waals surface area (Å²) in [5, 5.41) is 2.91. The number of hydrogen-bond donors (Lipinski definition) is 1. The molecule has 0 aliphatic carbocycles.